The number of carbonyl (C=O) groups is 2. The van der Waals surface area contributed by atoms with E-state index < -0.39 is 25.6 Å². The standard InChI is InChI=1S/C22H22N2O3S.C15H14O4S/c1-15-4-8-18(9-5-15)19-10-20(12-21(11-19)28(3,26)27)22(25)24-14-17-7-6-16(2)23-13-17;1-10-3-5-11(6-4-10)12-7-13(15(16)17)9-14(8-12)20(2,18)19/h4-13H,14H2,1-3H3,(H,24,25);3-9H,1-2H3,(H,16,17). The van der Waals surface area contributed by atoms with Gasteiger partial charge in [-0.25, -0.2) is 21.6 Å². The number of amides is 1. The topological polar surface area (TPSA) is 148 Å². The number of carbonyl (C=O) groups excluding carboxylic acids is 1. The monoisotopic (exact) mass is 684 g/mol. The second-order valence-electron chi connectivity index (χ2n) is 11.6. The van der Waals surface area contributed by atoms with Crippen LogP contribution >= 0.6 is 0 Å². The summed E-state index contributed by atoms with van der Waals surface area (Å²) in [5, 5.41) is 11.9. The smallest absolute Gasteiger partial charge is 0.335 e. The molecule has 11 heteroatoms. The number of carboxylic acids is 1. The largest absolute Gasteiger partial charge is 0.478 e. The maximum absolute atomic E-state index is 12.7. The van der Waals surface area contributed by atoms with Crippen LogP contribution in [-0.4, -0.2) is 51.3 Å². The summed E-state index contributed by atoms with van der Waals surface area (Å²) in [4.78, 5) is 28.1. The van der Waals surface area contributed by atoms with Gasteiger partial charge in [0.25, 0.3) is 5.91 Å². The molecular formula is C37H36N2O7S2. The first-order valence-electron chi connectivity index (χ1n) is 14.8. The molecule has 248 valence electrons. The van der Waals surface area contributed by atoms with Gasteiger partial charge in [0, 0.05) is 36.5 Å². The number of hydrogen-bond acceptors (Lipinski definition) is 7. The molecule has 1 aromatic heterocycles. The van der Waals surface area contributed by atoms with E-state index in [1.54, 1.807) is 18.3 Å². The Hall–Kier alpha value is -5.13. The molecular weight excluding hydrogens is 649 g/mol. The molecule has 1 heterocycles. The van der Waals surface area contributed by atoms with Crippen LogP contribution in [0.1, 0.15) is 43.1 Å². The van der Waals surface area contributed by atoms with Crippen molar-refractivity contribution in [1.82, 2.24) is 10.3 Å². The van der Waals surface area contributed by atoms with Crippen molar-refractivity contribution in [3.63, 3.8) is 0 Å². The van der Waals surface area contributed by atoms with Gasteiger partial charge in [0.15, 0.2) is 19.7 Å². The Morgan fingerprint density at radius 3 is 1.50 bits per heavy atom. The van der Waals surface area contributed by atoms with E-state index in [9.17, 15) is 26.4 Å². The first-order valence-corrected chi connectivity index (χ1v) is 18.6. The molecule has 0 aliphatic carbocycles. The third kappa shape index (κ3) is 9.69. The fraction of sp³-hybridized carbons (Fsp3) is 0.162. The summed E-state index contributed by atoms with van der Waals surface area (Å²) >= 11 is 0. The Balaban J connectivity index is 0.000000229. The summed E-state index contributed by atoms with van der Waals surface area (Å²) < 4.78 is 47.5. The number of nitrogens with one attached hydrogen (secondary N) is 1. The van der Waals surface area contributed by atoms with Crippen molar-refractivity contribution >= 4 is 31.6 Å². The van der Waals surface area contributed by atoms with Crippen molar-refractivity contribution in [2.75, 3.05) is 12.5 Å². The van der Waals surface area contributed by atoms with Gasteiger partial charge in [-0.1, -0.05) is 65.7 Å². The summed E-state index contributed by atoms with van der Waals surface area (Å²) in [5.74, 6) is -1.48. The minimum atomic E-state index is -3.46. The third-order valence-electron chi connectivity index (χ3n) is 7.37. The van der Waals surface area contributed by atoms with E-state index >= 15 is 0 Å². The number of pyridine rings is 1. The minimum absolute atomic E-state index is 0.00738. The molecule has 0 unspecified atom stereocenters. The fourth-order valence-corrected chi connectivity index (χ4v) is 5.96. The summed E-state index contributed by atoms with van der Waals surface area (Å²) in [6.07, 6.45) is 3.91. The number of rotatable bonds is 8. The highest BCUT2D eigenvalue weighted by atomic mass is 32.2. The van der Waals surface area contributed by atoms with Crippen LogP contribution in [0.2, 0.25) is 0 Å². The fourth-order valence-electron chi connectivity index (χ4n) is 4.59. The highest BCUT2D eigenvalue weighted by molar-refractivity contribution is 7.91. The molecule has 48 heavy (non-hydrogen) atoms. The number of carboxylic acid groups (broad SMARTS) is 1. The van der Waals surface area contributed by atoms with Crippen LogP contribution in [0.25, 0.3) is 22.3 Å². The first kappa shape index (κ1) is 35.7. The molecule has 0 aliphatic heterocycles. The molecule has 0 fully saturated rings. The number of sulfone groups is 2. The van der Waals surface area contributed by atoms with E-state index in [1.807, 2.05) is 81.4 Å². The number of aromatic carboxylic acids is 1. The number of aromatic nitrogens is 1. The molecule has 4 aromatic carbocycles. The molecule has 0 aliphatic rings. The lowest BCUT2D eigenvalue weighted by Gasteiger charge is -2.10. The van der Waals surface area contributed by atoms with Crippen LogP contribution < -0.4 is 5.32 Å². The predicted octanol–water partition coefficient (Wildman–Crippen LogP) is 6.46. The van der Waals surface area contributed by atoms with Crippen LogP contribution in [0.15, 0.2) is 113 Å². The van der Waals surface area contributed by atoms with Gasteiger partial charge in [-0.05, 0) is 91.1 Å². The molecule has 0 spiro atoms. The van der Waals surface area contributed by atoms with Crippen molar-refractivity contribution in [1.29, 1.82) is 0 Å². The Bertz CT molecular complexity index is 2180. The van der Waals surface area contributed by atoms with Crippen molar-refractivity contribution in [2.24, 2.45) is 0 Å². The zero-order chi connectivity index (χ0) is 35.2. The second-order valence-corrected chi connectivity index (χ2v) is 15.6. The van der Waals surface area contributed by atoms with E-state index in [4.69, 9.17) is 5.11 Å². The van der Waals surface area contributed by atoms with Crippen molar-refractivity contribution in [3.8, 4) is 22.3 Å². The first-order chi connectivity index (χ1) is 22.5. The number of hydrogen-bond donors (Lipinski definition) is 2. The number of nitrogens with zero attached hydrogens (tertiary/aromatic N) is 1. The van der Waals surface area contributed by atoms with Crippen LogP contribution in [0.5, 0.6) is 0 Å². The normalized spacial score (nSPS) is 11.3. The Morgan fingerprint density at radius 2 is 1.08 bits per heavy atom. The lowest BCUT2D eigenvalue weighted by atomic mass is 10.0. The lowest BCUT2D eigenvalue weighted by molar-refractivity contribution is 0.0696. The summed E-state index contributed by atoms with van der Waals surface area (Å²) in [6, 6.07) is 27.8. The van der Waals surface area contributed by atoms with Gasteiger partial charge in [-0.15, -0.1) is 0 Å². The van der Waals surface area contributed by atoms with E-state index in [-0.39, 0.29) is 21.3 Å². The van der Waals surface area contributed by atoms with Gasteiger partial charge in [-0.3, -0.25) is 9.78 Å². The molecule has 1 amide bonds. The van der Waals surface area contributed by atoms with Crippen LogP contribution in [0.4, 0.5) is 0 Å². The molecule has 0 radical (unpaired) electrons. The zero-order valence-electron chi connectivity index (χ0n) is 27.2. The molecule has 0 saturated heterocycles. The van der Waals surface area contributed by atoms with Gasteiger partial charge in [-0.2, -0.15) is 0 Å². The molecule has 9 nitrogen and oxygen atoms in total. The Kier molecular flexibility index (Phi) is 11.0. The van der Waals surface area contributed by atoms with E-state index in [0.29, 0.717) is 23.2 Å². The summed E-state index contributed by atoms with van der Waals surface area (Å²) in [7, 11) is -6.92. The molecule has 0 saturated carbocycles. The Labute approximate surface area is 281 Å². The number of benzene rings is 4. The molecule has 0 bridgehead atoms. The van der Waals surface area contributed by atoms with Gasteiger partial charge < -0.3 is 10.4 Å². The van der Waals surface area contributed by atoms with Crippen molar-refractivity contribution < 1.29 is 31.5 Å². The van der Waals surface area contributed by atoms with Gasteiger partial charge in [0.1, 0.15) is 0 Å². The molecule has 0 atom stereocenters. The summed E-state index contributed by atoms with van der Waals surface area (Å²) in [5.41, 5.74) is 7.11. The zero-order valence-corrected chi connectivity index (χ0v) is 28.8. The van der Waals surface area contributed by atoms with E-state index in [2.05, 4.69) is 10.3 Å². The van der Waals surface area contributed by atoms with Gasteiger partial charge in [0.05, 0.1) is 15.4 Å². The van der Waals surface area contributed by atoms with Crippen LogP contribution in [0, 0.1) is 20.8 Å². The average Bonchev–Trinajstić information content (AvgIpc) is 3.04. The summed E-state index contributed by atoms with van der Waals surface area (Å²) in [6.45, 7) is 6.13. The SMILES string of the molecule is Cc1ccc(-c2cc(C(=O)NCc3ccc(C)nc3)cc(S(C)(=O)=O)c2)cc1.Cc1ccc(-c2cc(C(=O)O)cc(S(C)(=O)=O)c2)cc1. The average molecular weight is 685 g/mol. The number of aryl methyl sites for hydroxylation is 3. The van der Waals surface area contributed by atoms with E-state index in [0.717, 1.165) is 46.0 Å². The van der Waals surface area contributed by atoms with Gasteiger partial charge >= 0.3 is 5.97 Å². The van der Waals surface area contributed by atoms with Crippen LogP contribution in [0.3, 0.4) is 0 Å². The van der Waals surface area contributed by atoms with E-state index in [1.165, 1.54) is 24.3 Å². The second kappa shape index (κ2) is 14.7. The molecule has 5 rings (SSSR count). The highest BCUT2D eigenvalue weighted by Crippen LogP contribution is 2.27. The maximum Gasteiger partial charge on any atom is 0.335 e. The predicted molar refractivity (Wildman–Crippen MR) is 187 cm³/mol. The maximum atomic E-state index is 12.7. The molecule has 2 N–H and O–H groups in total. The Morgan fingerprint density at radius 1 is 0.625 bits per heavy atom. The quantitative estimate of drug-likeness (QED) is 0.189. The van der Waals surface area contributed by atoms with Crippen LogP contribution in [-0.2, 0) is 26.2 Å². The van der Waals surface area contributed by atoms with Gasteiger partial charge in [0.2, 0.25) is 0 Å². The van der Waals surface area contributed by atoms with Crippen molar-refractivity contribution in [3.05, 3.63) is 137 Å². The highest BCUT2D eigenvalue weighted by Gasteiger charge is 2.16. The lowest BCUT2D eigenvalue weighted by Crippen LogP contribution is -2.23. The minimum Gasteiger partial charge on any atom is -0.478 e. The molecule has 5 aromatic rings. The van der Waals surface area contributed by atoms with Crippen molar-refractivity contribution in [2.45, 2.75) is 37.1 Å². The third-order valence-corrected chi connectivity index (χ3v) is 9.56.